The highest BCUT2D eigenvalue weighted by Crippen LogP contribution is 2.28. The topological polar surface area (TPSA) is 63.2 Å². The number of halogens is 1. The first-order chi connectivity index (χ1) is 12.8. The average Bonchev–Trinajstić information content (AvgIpc) is 3.14. The predicted molar refractivity (Wildman–Crippen MR) is 109 cm³/mol. The number of hydrogen-bond acceptors (Lipinski definition) is 4. The molecule has 0 fully saturated rings. The minimum absolute atomic E-state index is 0.123. The molecule has 0 bridgehead atoms. The van der Waals surface area contributed by atoms with E-state index in [1.54, 1.807) is 25.1 Å². The second-order valence-electron chi connectivity index (χ2n) is 6.22. The molecule has 1 heterocycles. The van der Waals surface area contributed by atoms with Gasteiger partial charge in [-0.25, -0.2) is 8.42 Å². The van der Waals surface area contributed by atoms with E-state index in [1.807, 2.05) is 29.6 Å². The SMILES string of the molecule is Cc1ccc(S(C)(=O)=O)cc1C(=O)NC(c1ccc(Cl)cc1)c1cccs1. The molecule has 1 atom stereocenters. The molecule has 1 unspecified atom stereocenters. The number of rotatable bonds is 5. The second kappa shape index (κ2) is 7.84. The molecule has 0 spiro atoms. The molecule has 1 N–H and O–H groups in total. The van der Waals surface area contributed by atoms with Crippen molar-refractivity contribution in [1.29, 1.82) is 0 Å². The Balaban J connectivity index is 1.97. The van der Waals surface area contributed by atoms with Crippen LogP contribution in [0, 0.1) is 6.92 Å². The summed E-state index contributed by atoms with van der Waals surface area (Å²) in [5.74, 6) is -0.327. The van der Waals surface area contributed by atoms with Crippen molar-refractivity contribution in [2.75, 3.05) is 6.26 Å². The first-order valence-electron chi connectivity index (χ1n) is 8.16. The molecule has 0 radical (unpaired) electrons. The van der Waals surface area contributed by atoms with E-state index in [1.165, 1.54) is 23.5 Å². The maximum atomic E-state index is 13.0. The molecule has 3 rings (SSSR count). The zero-order chi connectivity index (χ0) is 19.6. The van der Waals surface area contributed by atoms with Gasteiger partial charge in [0.25, 0.3) is 5.91 Å². The number of hydrogen-bond donors (Lipinski definition) is 1. The smallest absolute Gasteiger partial charge is 0.252 e. The van der Waals surface area contributed by atoms with Crippen LogP contribution in [0.1, 0.15) is 32.4 Å². The van der Waals surface area contributed by atoms with Gasteiger partial charge < -0.3 is 5.32 Å². The average molecular weight is 420 g/mol. The van der Waals surface area contributed by atoms with Gasteiger partial charge in [0.1, 0.15) is 0 Å². The van der Waals surface area contributed by atoms with E-state index in [-0.39, 0.29) is 16.8 Å². The maximum Gasteiger partial charge on any atom is 0.252 e. The lowest BCUT2D eigenvalue weighted by atomic mass is 10.0. The molecule has 140 valence electrons. The predicted octanol–water partition coefficient (Wildman–Crippen LogP) is 4.63. The Morgan fingerprint density at radius 1 is 1.11 bits per heavy atom. The third kappa shape index (κ3) is 4.58. The minimum atomic E-state index is -3.40. The van der Waals surface area contributed by atoms with Crippen molar-refractivity contribution in [3.8, 4) is 0 Å². The van der Waals surface area contributed by atoms with E-state index >= 15 is 0 Å². The summed E-state index contributed by atoms with van der Waals surface area (Å²) < 4.78 is 23.7. The van der Waals surface area contributed by atoms with Crippen LogP contribution in [0.4, 0.5) is 0 Å². The van der Waals surface area contributed by atoms with Crippen LogP contribution in [-0.2, 0) is 9.84 Å². The van der Waals surface area contributed by atoms with Crippen LogP contribution < -0.4 is 5.32 Å². The largest absolute Gasteiger partial charge is 0.340 e. The number of carbonyl (C=O) groups excluding carboxylic acids is 1. The zero-order valence-corrected chi connectivity index (χ0v) is 17.2. The molecule has 4 nitrogen and oxygen atoms in total. The van der Waals surface area contributed by atoms with Crippen LogP contribution in [0.5, 0.6) is 0 Å². The molecular formula is C20H18ClNO3S2. The minimum Gasteiger partial charge on any atom is -0.340 e. The van der Waals surface area contributed by atoms with Gasteiger partial charge in [-0.3, -0.25) is 4.79 Å². The van der Waals surface area contributed by atoms with Gasteiger partial charge in [0.05, 0.1) is 10.9 Å². The Bertz CT molecular complexity index is 1060. The molecule has 0 aliphatic rings. The molecule has 0 aliphatic carbocycles. The van der Waals surface area contributed by atoms with Crippen molar-refractivity contribution in [3.63, 3.8) is 0 Å². The molecular weight excluding hydrogens is 402 g/mol. The number of nitrogens with one attached hydrogen (secondary N) is 1. The number of carbonyl (C=O) groups is 1. The zero-order valence-electron chi connectivity index (χ0n) is 14.8. The first kappa shape index (κ1) is 19.6. The number of sulfone groups is 1. The van der Waals surface area contributed by atoms with E-state index in [0.29, 0.717) is 16.1 Å². The lowest BCUT2D eigenvalue weighted by Gasteiger charge is -2.19. The van der Waals surface area contributed by atoms with Crippen LogP contribution in [0.3, 0.4) is 0 Å². The van der Waals surface area contributed by atoms with Crippen LogP contribution in [0.25, 0.3) is 0 Å². The number of benzene rings is 2. The standard InChI is InChI=1S/C20H18ClNO3S2/c1-13-5-10-16(27(2,24)25)12-17(13)20(23)22-19(18-4-3-11-26-18)14-6-8-15(21)9-7-14/h3-12,19H,1-2H3,(H,22,23). The van der Waals surface area contributed by atoms with Gasteiger partial charge in [0.2, 0.25) is 0 Å². The Hall–Kier alpha value is -2.15. The fourth-order valence-corrected chi connectivity index (χ4v) is 4.29. The molecule has 2 aromatic carbocycles. The van der Waals surface area contributed by atoms with Crippen molar-refractivity contribution in [2.45, 2.75) is 17.9 Å². The molecule has 1 aromatic heterocycles. The fourth-order valence-electron chi connectivity index (χ4n) is 2.71. The van der Waals surface area contributed by atoms with Crippen molar-refractivity contribution in [2.24, 2.45) is 0 Å². The van der Waals surface area contributed by atoms with E-state index in [4.69, 9.17) is 11.6 Å². The van der Waals surface area contributed by atoms with Gasteiger partial charge in [0.15, 0.2) is 9.84 Å². The Morgan fingerprint density at radius 2 is 1.81 bits per heavy atom. The molecule has 1 amide bonds. The maximum absolute atomic E-state index is 13.0. The first-order valence-corrected chi connectivity index (χ1v) is 11.3. The van der Waals surface area contributed by atoms with Crippen molar-refractivity contribution < 1.29 is 13.2 Å². The quantitative estimate of drug-likeness (QED) is 0.655. The summed E-state index contributed by atoms with van der Waals surface area (Å²) in [6, 6.07) is 15.4. The number of aryl methyl sites for hydroxylation is 1. The Labute approximate surface area is 167 Å². The molecule has 0 aliphatic heterocycles. The van der Waals surface area contributed by atoms with Crippen LogP contribution in [0.15, 0.2) is 64.9 Å². The highest BCUT2D eigenvalue weighted by Gasteiger charge is 2.21. The summed E-state index contributed by atoms with van der Waals surface area (Å²) in [4.78, 5) is 14.1. The lowest BCUT2D eigenvalue weighted by Crippen LogP contribution is -2.29. The van der Waals surface area contributed by atoms with Crippen LogP contribution in [0.2, 0.25) is 5.02 Å². The van der Waals surface area contributed by atoms with Gasteiger partial charge in [-0.05, 0) is 53.8 Å². The van der Waals surface area contributed by atoms with E-state index in [9.17, 15) is 13.2 Å². The second-order valence-corrected chi connectivity index (χ2v) is 9.65. The molecule has 3 aromatic rings. The Kier molecular flexibility index (Phi) is 5.69. The summed E-state index contributed by atoms with van der Waals surface area (Å²) in [6.07, 6.45) is 1.13. The van der Waals surface area contributed by atoms with Crippen LogP contribution in [-0.4, -0.2) is 20.6 Å². The van der Waals surface area contributed by atoms with Crippen molar-refractivity contribution in [3.05, 3.63) is 86.6 Å². The van der Waals surface area contributed by atoms with Crippen molar-refractivity contribution >= 4 is 38.7 Å². The van der Waals surface area contributed by atoms with E-state index in [2.05, 4.69) is 5.32 Å². The lowest BCUT2D eigenvalue weighted by molar-refractivity contribution is 0.0942. The van der Waals surface area contributed by atoms with Gasteiger partial charge in [0, 0.05) is 21.7 Å². The van der Waals surface area contributed by atoms with E-state index in [0.717, 1.165) is 16.7 Å². The highest BCUT2D eigenvalue weighted by atomic mass is 35.5. The molecule has 0 saturated heterocycles. The summed E-state index contributed by atoms with van der Waals surface area (Å²) in [7, 11) is -3.40. The number of amides is 1. The monoisotopic (exact) mass is 419 g/mol. The highest BCUT2D eigenvalue weighted by molar-refractivity contribution is 7.90. The van der Waals surface area contributed by atoms with Gasteiger partial charge in [-0.1, -0.05) is 35.9 Å². The summed E-state index contributed by atoms with van der Waals surface area (Å²) in [5, 5.41) is 5.59. The summed E-state index contributed by atoms with van der Waals surface area (Å²) >= 11 is 7.52. The third-order valence-electron chi connectivity index (χ3n) is 4.19. The molecule has 7 heteroatoms. The molecule has 27 heavy (non-hydrogen) atoms. The Morgan fingerprint density at radius 3 is 2.41 bits per heavy atom. The number of thiophene rings is 1. The normalized spacial score (nSPS) is 12.6. The third-order valence-corrected chi connectivity index (χ3v) is 6.49. The van der Waals surface area contributed by atoms with Crippen molar-refractivity contribution in [1.82, 2.24) is 5.32 Å². The van der Waals surface area contributed by atoms with Gasteiger partial charge in [-0.15, -0.1) is 11.3 Å². The van der Waals surface area contributed by atoms with Gasteiger partial charge in [-0.2, -0.15) is 0 Å². The molecule has 0 saturated carbocycles. The van der Waals surface area contributed by atoms with Crippen LogP contribution >= 0.6 is 22.9 Å². The summed E-state index contributed by atoms with van der Waals surface area (Å²) in [5.41, 5.74) is 1.95. The fraction of sp³-hybridized carbons (Fsp3) is 0.150. The van der Waals surface area contributed by atoms with E-state index < -0.39 is 9.84 Å². The van der Waals surface area contributed by atoms with Gasteiger partial charge >= 0.3 is 0 Å². The summed E-state index contributed by atoms with van der Waals surface area (Å²) in [6.45, 7) is 1.78.